The molecule has 1 saturated heterocycles. The van der Waals surface area contributed by atoms with Crippen LogP contribution in [0.1, 0.15) is 13.8 Å². The van der Waals surface area contributed by atoms with E-state index in [2.05, 4.69) is 18.7 Å². The van der Waals surface area contributed by atoms with E-state index in [4.69, 9.17) is 4.74 Å². The molecule has 1 heterocycles. The quantitative estimate of drug-likeness (QED) is 0.849. The van der Waals surface area contributed by atoms with Crippen LogP contribution in [0.15, 0.2) is 29.2 Å². The third-order valence-corrected chi connectivity index (χ3v) is 5.29. The molecule has 1 aliphatic heterocycles. The van der Waals surface area contributed by atoms with Crippen LogP contribution in [0.5, 0.6) is 0 Å². The lowest BCUT2D eigenvalue weighted by Crippen LogP contribution is -2.48. The first-order valence-electron chi connectivity index (χ1n) is 6.73. The van der Waals surface area contributed by atoms with E-state index in [1.165, 1.54) is 18.2 Å². The van der Waals surface area contributed by atoms with Gasteiger partial charge in [0, 0.05) is 19.1 Å². The summed E-state index contributed by atoms with van der Waals surface area (Å²) >= 11 is 0. The summed E-state index contributed by atoms with van der Waals surface area (Å²) in [5.41, 5.74) is 0. The van der Waals surface area contributed by atoms with Gasteiger partial charge in [-0.15, -0.1) is 0 Å². The Morgan fingerprint density at radius 1 is 1.40 bits per heavy atom. The highest BCUT2D eigenvalue weighted by Gasteiger charge is 2.29. The Balaban J connectivity index is 2.11. The number of benzene rings is 1. The van der Waals surface area contributed by atoms with Gasteiger partial charge in [-0.25, -0.2) is 12.8 Å². The summed E-state index contributed by atoms with van der Waals surface area (Å²) in [4.78, 5) is 1.93. The molecule has 0 aromatic heterocycles. The second-order valence-electron chi connectivity index (χ2n) is 5.29. The first kappa shape index (κ1) is 15.4. The van der Waals surface area contributed by atoms with Crippen molar-refractivity contribution in [3.63, 3.8) is 0 Å². The van der Waals surface area contributed by atoms with Crippen LogP contribution in [-0.2, 0) is 14.6 Å². The zero-order chi connectivity index (χ0) is 14.8. The van der Waals surface area contributed by atoms with Gasteiger partial charge in [-0.2, -0.15) is 0 Å². The van der Waals surface area contributed by atoms with Gasteiger partial charge in [0.1, 0.15) is 10.7 Å². The predicted octanol–water partition coefficient (Wildman–Crippen LogP) is 1.71. The molecule has 0 saturated carbocycles. The predicted molar refractivity (Wildman–Crippen MR) is 74.9 cm³/mol. The highest BCUT2D eigenvalue weighted by atomic mass is 32.2. The normalized spacial score (nSPS) is 21.3. The average Bonchev–Trinajstić information content (AvgIpc) is 2.38. The van der Waals surface area contributed by atoms with Gasteiger partial charge in [0.15, 0.2) is 9.84 Å². The van der Waals surface area contributed by atoms with Crippen molar-refractivity contribution in [2.45, 2.75) is 30.9 Å². The number of nitrogens with zero attached hydrogens (tertiary/aromatic N) is 1. The van der Waals surface area contributed by atoms with E-state index in [-0.39, 0.29) is 10.6 Å². The molecular formula is C14H20FNO3S. The van der Waals surface area contributed by atoms with Crippen molar-refractivity contribution in [1.29, 1.82) is 0 Å². The van der Waals surface area contributed by atoms with Crippen LogP contribution in [0.2, 0.25) is 0 Å². The number of rotatable bonds is 4. The molecule has 0 aliphatic carbocycles. The van der Waals surface area contributed by atoms with E-state index in [1.54, 1.807) is 0 Å². The highest BCUT2D eigenvalue weighted by molar-refractivity contribution is 7.91. The maximum Gasteiger partial charge on any atom is 0.183 e. The van der Waals surface area contributed by atoms with Crippen molar-refractivity contribution in [1.82, 2.24) is 4.90 Å². The first-order chi connectivity index (χ1) is 9.40. The number of sulfone groups is 1. The van der Waals surface area contributed by atoms with Gasteiger partial charge in [0.25, 0.3) is 0 Å². The van der Waals surface area contributed by atoms with Gasteiger partial charge in [-0.3, -0.25) is 4.90 Å². The summed E-state index contributed by atoms with van der Waals surface area (Å²) in [5.74, 6) is -0.888. The van der Waals surface area contributed by atoms with E-state index in [9.17, 15) is 12.8 Å². The Morgan fingerprint density at radius 3 is 2.75 bits per heavy atom. The molecule has 1 aromatic rings. The number of ether oxygens (including phenoxy) is 1. The fourth-order valence-electron chi connectivity index (χ4n) is 2.34. The molecule has 0 bridgehead atoms. The molecule has 1 unspecified atom stereocenters. The smallest absolute Gasteiger partial charge is 0.183 e. The van der Waals surface area contributed by atoms with E-state index < -0.39 is 21.8 Å². The van der Waals surface area contributed by atoms with Crippen LogP contribution in [-0.4, -0.2) is 50.9 Å². The lowest BCUT2D eigenvalue weighted by Gasteiger charge is -2.35. The molecule has 0 spiro atoms. The third kappa shape index (κ3) is 3.56. The lowest BCUT2D eigenvalue weighted by molar-refractivity contribution is -0.0272. The average molecular weight is 301 g/mol. The Kier molecular flexibility index (Phi) is 4.78. The van der Waals surface area contributed by atoms with Crippen molar-refractivity contribution in [2.75, 3.05) is 25.4 Å². The van der Waals surface area contributed by atoms with Gasteiger partial charge in [-0.05, 0) is 26.0 Å². The second-order valence-corrected chi connectivity index (χ2v) is 7.30. The summed E-state index contributed by atoms with van der Waals surface area (Å²) in [6, 6.07) is 5.81. The summed E-state index contributed by atoms with van der Waals surface area (Å²) in [6.07, 6.45) is -0.407. The summed E-state index contributed by atoms with van der Waals surface area (Å²) < 4.78 is 43.6. The second kappa shape index (κ2) is 6.20. The summed E-state index contributed by atoms with van der Waals surface area (Å²) in [6.45, 7) is 6.00. The minimum atomic E-state index is -3.67. The Labute approximate surface area is 119 Å². The molecular weight excluding hydrogens is 281 g/mol. The van der Waals surface area contributed by atoms with Crippen LogP contribution >= 0.6 is 0 Å². The molecule has 20 heavy (non-hydrogen) atoms. The molecule has 0 radical (unpaired) electrons. The van der Waals surface area contributed by atoms with Crippen LogP contribution in [0, 0.1) is 5.82 Å². The molecule has 1 atom stereocenters. The van der Waals surface area contributed by atoms with Crippen LogP contribution in [0.3, 0.4) is 0 Å². The maximum absolute atomic E-state index is 13.6. The molecule has 2 rings (SSSR count). The van der Waals surface area contributed by atoms with Crippen molar-refractivity contribution in [2.24, 2.45) is 0 Å². The van der Waals surface area contributed by atoms with Crippen molar-refractivity contribution in [3.05, 3.63) is 30.1 Å². The fourth-order valence-corrected chi connectivity index (χ4v) is 3.87. The zero-order valence-corrected chi connectivity index (χ0v) is 12.6. The Hall–Kier alpha value is -0.980. The standard InChI is InChI=1S/C14H20FNO3S/c1-11(2)16-7-8-19-12(9-16)10-20(17,18)14-6-4-3-5-13(14)15/h3-6,11-12H,7-10H2,1-2H3. The number of hydrogen-bond acceptors (Lipinski definition) is 4. The molecule has 1 aromatic carbocycles. The van der Waals surface area contributed by atoms with E-state index in [1.807, 2.05) is 0 Å². The molecule has 4 nitrogen and oxygen atoms in total. The van der Waals surface area contributed by atoms with Crippen LogP contribution < -0.4 is 0 Å². The van der Waals surface area contributed by atoms with E-state index in [0.29, 0.717) is 19.2 Å². The molecule has 112 valence electrons. The summed E-state index contributed by atoms with van der Waals surface area (Å²) in [5, 5.41) is 0. The molecule has 0 N–H and O–H groups in total. The van der Waals surface area contributed by atoms with Crippen molar-refractivity contribution < 1.29 is 17.5 Å². The minimum Gasteiger partial charge on any atom is -0.374 e. The molecule has 0 amide bonds. The Morgan fingerprint density at radius 2 is 2.10 bits per heavy atom. The number of morpholine rings is 1. The molecule has 6 heteroatoms. The highest BCUT2D eigenvalue weighted by Crippen LogP contribution is 2.19. The van der Waals surface area contributed by atoms with E-state index >= 15 is 0 Å². The van der Waals surface area contributed by atoms with Gasteiger partial charge in [0.05, 0.1) is 18.5 Å². The van der Waals surface area contributed by atoms with E-state index in [0.717, 1.165) is 12.6 Å². The fraction of sp³-hybridized carbons (Fsp3) is 0.571. The lowest BCUT2D eigenvalue weighted by atomic mass is 10.2. The van der Waals surface area contributed by atoms with Gasteiger partial charge < -0.3 is 4.74 Å². The number of hydrogen-bond donors (Lipinski definition) is 0. The van der Waals surface area contributed by atoms with Crippen molar-refractivity contribution >= 4 is 9.84 Å². The first-order valence-corrected chi connectivity index (χ1v) is 8.38. The van der Waals surface area contributed by atoms with Crippen molar-refractivity contribution in [3.8, 4) is 0 Å². The number of halogens is 1. The van der Waals surface area contributed by atoms with Gasteiger partial charge >= 0.3 is 0 Å². The third-order valence-electron chi connectivity index (χ3n) is 3.48. The molecule has 1 aliphatic rings. The minimum absolute atomic E-state index is 0.183. The SMILES string of the molecule is CC(C)N1CCOC(CS(=O)(=O)c2ccccc2F)C1. The maximum atomic E-state index is 13.6. The zero-order valence-electron chi connectivity index (χ0n) is 11.8. The molecule has 1 fully saturated rings. The monoisotopic (exact) mass is 301 g/mol. The van der Waals surface area contributed by atoms with Gasteiger partial charge in [-0.1, -0.05) is 12.1 Å². The largest absolute Gasteiger partial charge is 0.374 e. The summed E-state index contributed by atoms with van der Waals surface area (Å²) in [7, 11) is -3.67. The Bertz CT molecular complexity index is 559. The van der Waals surface area contributed by atoms with Crippen LogP contribution in [0.25, 0.3) is 0 Å². The topological polar surface area (TPSA) is 46.6 Å². The van der Waals surface area contributed by atoms with Gasteiger partial charge in [0.2, 0.25) is 0 Å². The van der Waals surface area contributed by atoms with Crippen LogP contribution in [0.4, 0.5) is 4.39 Å².